The number of carbonyl (C=O) groups is 1. The van der Waals surface area contributed by atoms with E-state index in [1.165, 1.54) is 18.7 Å². The van der Waals surface area contributed by atoms with Crippen LogP contribution in [0.3, 0.4) is 0 Å². The van der Waals surface area contributed by atoms with Gasteiger partial charge in [-0.05, 0) is 19.3 Å². The van der Waals surface area contributed by atoms with Gasteiger partial charge in [-0.25, -0.2) is 4.79 Å². The third-order valence-corrected chi connectivity index (χ3v) is 4.14. The number of nitrogens with zero attached hydrogens (tertiary/aromatic N) is 5. The summed E-state index contributed by atoms with van der Waals surface area (Å²) >= 11 is 0. The van der Waals surface area contributed by atoms with Crippen LogP contribution < -0.4 is 5.69 Å². The molecule has 11 heteroatoms. The zero-order chi connectivity index (χ0) is 18.4. The standard InChI is InChI=1S/C14H16F3N5O3/c1-20(7-9-18-12(25-19-9)14(15,16)17)11(23)10-8-5-3-4-6-22(8)13(24)21(10)2/h3-7H2,1-2H3. The van der Waals surface area contributed by atoms with Crippen molar-refractivity contribution in [3.63, 3.8) is 0 Å². The molecule has 3 heterocycles. The van der Waals surface area contributed by atoms with E-state index in [4.69, 9.17) is 0 Å². The third-order valence-electron chi connectivity index (χ3n) is 4.14. The first-order chi connectivity index (χ1) is 11.7. The van der Waals surface area contributed by atoms with Crippen molar-refractivity contribution in [1.82, 2.24) is 24.2 Å². The highest BCUT2D eigenvalue weighted by Gasteiger charge is 2.38. The highest BCUT2D eigenvalue weighted by atomic mass is 19.4. The quantitative estimate of drug-likeness (QED) is 0.822. The lowest BCUT2D eigenvalue weighted by atomic mass is 10.1. The topological polar surface area (TPSA) is 86.2 Å². The fourth-order valence-corrected chi connectivity index (χ4v) is 2.92. The van der Waals surface area contributed by atoms with E-state index in [0.29, 0.717) is 18.7 Å². The molecule has 0 bridgehead atoms. The number of alkyl halides is 3. The van der Waals surface area contributed by atoms with Crippen LogP contribution in [0.4, 0.5) is 13.2 Å². The molecule has 0 saturated heterocycles. The molecule has 0 unspecified atom stereocenters. The van der Waals surface area contributed by atoms with Crippen molar-refractivity contribution >= 4 is 5.91 Å². The second-order valence-corrected chi connectivity index (χ2v) is 5.92. The summed E-state index contributed by atoms with van der Waals surface area (Å²) in [5.41, 5.74) is 0.622. The number of amides is 1. The van der Waals surface area contributed by atoms with Crippen molar-refractivity contribution in [3.8, 4) is 0 Å². The van der Waals surface area contributed by atoms with Crippen molar-refractivity contribution in [2.45, 2.75) is 38.5 Å². The van der Waals surface area contributed by atoms with E-state index in [2.05, 4.69) is 14.7 Å². The molecule has 2 aromatic rings. The molecule has 0 radical (unpaired) electrons. The monoisotopic (exact) mass is 359 g/mol. The summed E-state index contributed by atoms with van der Waals surface area (Å²) in [7, 11) is 2.91. The lowest BCUT2D eigenvalue weighted by molar-refractivity contribution is -0.159. The van der Waals surface area contributed by atoms with Gasteiger partial charge in [0.15, 0.2) is 5.82 Å². The molecule has 1 amide bonds. The Morgan fingerprint density at radius 1 is 1.36 bits per heavy atom. The predicted octanol–water partition coefficient (Wildman–Crippen LogP) is 1.20. The second kappa shape index (κ2) is 6.05. The lowest BCUT2D eigenvalue weighted by Gasteiger charge is -2.18. The average Bonchev–Trinajstić information content (AvgIpc) is 3.11. The van der Waals surface area contributed by atoms with E-state index in [0.717, 1.165) is 17.7 Å². The van der Waals surface area contributed by atoms with Gasteiger partial charge in [-0.3, -0.25) is 13.9 Å². The maximum Gasteiger partial charge on any atom is 0.471 e. The minimum atomic E-state index is -4.74. The second-order valence-electron chi connectivity index (χ2n) is 5.92. The summed E-state index contributed by atoms with van der Waals surface area (Å²) < 4.78 is 44.5. The normalized spacial score (nSPS) is 14.4. The van der Waals surface area contributed by atoms with Gasteiger partial charge in [-0.15, -0.1) is 0 Å². The molecule has 0 aromatic carbocycles. The van der Waals surface area contributed by atoms with Gasteiger partial charge >= 0.3 is 17.8 Å². The molecule has 0 aliphatic carbocycles. The van der Waals surface area contributed by atoms with E-state index in [1.807, 2.05) is 0 Å². The van der Waals surface area contributed by atoms with E-state index in [9.17, 15) is 22.8 Å². The summed E-state index contributed by atoms with van der Waals surface area (Å²) in [5.74, 6) is -2.20. The van der Waals surface area contributed by atoms with Crippen LogP contribution in [0.2, 0.25) is 0 Å². The number of hydrogen-bond donors (Lipinski definition) is 0. The van der Waals surface area contributed by atoms with Crippen LogP contribution in [0.5, 0.6) is 0 Å². The van der Waals surface area contributed by atoms with Crippen LogP contribution in [0.1, 0.15) is 40.7 Å². The lowest BCUT2D eigenvalue weighted by Crippen LogP contribution is -2.30. The largest absolute Gasteiger partial charge is 0.471 e. The summed E-state index contributed by atoms with van der Waals surface area (Å²) in [5, 5.41) is 3.24. The summed E-state index contributed by atoms with van der Waals surface area (Å²) in [6.45, 7) is 0.288. The zero-order valence-corrected chi connectivity index (χ0v) is 13.6. The molecule has 0 saturated carbocycles. The summed E-state index contributed by atoms with van der Waals surface area (Å²) in [6, 6.07) is 0. The molecule has 8 nitrogen and oxygen atoms in total. The molecular weight excluding hydrogens is 343 g/mol. The first kappa shape index (κ1) is 17.2. The van der Waals surface area contributed by atoms with E-state index >= 15 is 0 Å². The predicted molar refractivity (Wildman–Crippen MR) is 77.7 cm³/mol. The molecule has 0 atom stereocenters. The zero-order valence-electron chi connectivity index (χ0n) is 13.6. The van der Waals surface area contributed by atoms with Crippen LogP contribution in [0.25, 0.3) is 0 Å². The Labute approximate surface area is 139 Å². The molecule has 1 aliphatic rings. The maximum absolute atomic E-state index is 12.7. The maximum atomic E-state index is 12.7. The molecule has 0 N–H and O–H groups in total. The number of imidazole rings is 1. The Morgan fingerprint density at radius 2 is 2.08 bits per heavy atom. The summed E-state index contributed by atoms with van der Waals surface area (Å²) in [6.07, 6.45) is -2.40. The molecule has 136 valence electrons. The van der Waals surface area contributed by atoms with Crippen molar-refractivity contribution in [3.05, 3.63) is 33.6 Å². The van der Waals surface area contributed by atoms with Crippen molar-refractivity contribution in [2.75, 3.05) is 7.05 Å². The Morgan fingerprint density at radius 3 is 2.72 bits per heavy atom. The Hall–Kier alpha value is -2.59. The van der Waals surface area contributed by atoms with Gasteiger partial charge in [0.2, 0.25) is 0 Å². The highest BCUT2D eigenvalue weighted by molar-refractivity contribution is 5.93. The molecule has 0 fully saturated rings. The van der Waals surface area contributed by atoms with Crippen molar-refractivity contribution in [1.29, 1.82) is 0 Å². The van der Waals surface area contributed by atoms with Gasteiger partial charge in [0.25, 0.3) is 5.91 Å². The summed E-state index contributed by atoms with van der Waals surface area (Å²) in [4.78, 5) is 29.3. The molecular formula is C14H16F3N5O3. The first-order valence-corrected chi connectivity index (χ1v) is 7.63. The molecule has 2 aromatic heterocycles. The fourth-order valence-electron chi connectivity index (χ4n) is 2.92. The van der Waals surface area contributed by atoms with Crippen LogP contribution in [-0.4, -0.2) is 37.1 Å². The molecule has 1 aliphatic heterocycles. The van der Waals surface area contributed by atoms with Gasteiger partial charge in [0.05, 0.1) is 12.2 Å². The van der Waals surface area contributed by atoms with Gasteiger partial charge in [0.1, 0.15) is 5.69 Å². The third kappa shape index (κ3) is 3.05. The fraction of sp³-hybridized carbons (Fsp3) is 0.571. The minimum absolute atomic E-state index is 0.242. The highest BCUT2D eigenvalue weighted by Crippen LogP contribution is 2.27. The van der Waals surface area contributed by atoms with Crippen molar-refractivity contribution < 1.29 is 22.5 Å². The van der Waals surface area contributed by atoms with Gasteiger partial charge in [-0.2, -0.15) is 18.2 Å². The van der Waals surface area contributed by atoms with E-state index in [1.54, 1.807) is 4.57 Å². The number of fused-ring (bicyclic) bond motifs is 1. The number of aromatic nitrogens is 4. The molecule has 25 heavy (non-hydrogen) atoms. The average molecular weight is 359 g/mol. The Balaban J connectivity index is 1.84. The van der Waals surface area contributed by atoms with E-state index in [-0.39, 0.29) is 23.8 Å². The van der Waals surface area contributed by atoms with Crippen LogP contribution in [0.15, 0.2) is 9.32 Å². The Bertz CT molecular complexity index is 864. The van der Waals surface area contributed by atoms with Crippen molar-refractivity contribution in [2.24, 2.45) is 7.05 Å². The molecule has 0 spiro atoms. The number of hydrogen-bond acceptors (Lipinski definition) is 5. The first-order valence-electron chi connectivity index (χ1n) is 7.63. The number of rotatable bonds is 3. The van der Waals surface area contributed by atoms with Crippen LogP contribution >= 0.6 is 0 Å². The number of carbonyl (C=O) groups excluding carboxylic acids is 1. The SMILES string of the molecule is CN(Cc1noc(C(F)(F)F)n1)C(=O)c1c2n(c(=O)n1C)CCCC2. The van der Waals surface area contributed by atoms with Gasteiger partial charge < -0.3 is 9.42 Å². The minimum Gasteiger partial charge on any atom is -0.333 e. The Kier molecular flexibility index (Phi) is 4.17. The van der Waals surface area contributed by atoms with Crippen LogP contribution in [0, 0.1) is 0 Å². The molecule has 3 rings (SSSR count). The number of halogens is 3. The van der Waals surface area contributed by atoms with Gasteiger partial charge in [0, 0.05) is 20.6 Å². The van der Waals surface area contributed by atoms with E-state index < -0.39 is 18.0 Å². The van der Waals surface area contributed by atoms with Crippen LogP contribution in [-0.2, 0) is 32.7 Å². The smallest absolute Gasteiger partial charge is 0.333 e. The van der Waals surface area contributed by atoms with Gasteiger partial charge in [-0.1, -0.05) is 5.16 Å².